The number of esters is 1. The molecule has 1 aliphatic carbocycles. The highest BCUT2D eigenvalue weighted by molar-refractivity contribution is 5.89. The zero-order valence-electron chi connectivity index (χ0n) is 14.2. The van der Waals surface area contributed by atoms with Crippen molar-refractivity contribution in [1.29, 1.82) is 0 Å². The number of nitrogens with one attached hydrogen (secondary N) is 1. The molecule has 0 radical (unpaired) electrons. The van der Waals surface area contributed by atoms with Crippen molar-refractivity contribution in [3.8, 4) is 0 Å². The molecule has 1 saturated carbocycles. The third-order valence-electron chi connectivity index (χ3n) is 3.96. The first kappa shape index (κ1) is 18.7. The van der Waals surface area contributed by atoms with Gasteiger partial charge in [-0.2, -0.15) is 13.2 Å². The summed E-state index contributed by atoms with van der Waals surface area (Å²) in [6.07, 6.45) is -1.71. The number of carbonyl (C=O) groups is 2. The zero-order valence-corrected chi connectivity index (χ0v) is 14.2. The first-order valence-electron chi connectivity index (χ1n) is 8.05. The summed E-state index contributed by atoms with van der Waals surface area (Å²) in [6, 6.07) is 3.66. The molecule has 0 atom stereocenters. The number of urea groups is 1. The van der Waals surface area contributed by atoms with E-state index >= 15 is 0 Å². The predicted molar refractivity (Wildman–Crippen MR) is 86.9 cm³/mol. The van der Waals surface area contributed by atoms with E-state index in [4.69, 9.17) is 4.42 Å². The highest BCUT2D eigenvalue weighted by Crippen LogP contribution is 2.31. The van der Waals surface area contributed by atoms with Gasteiger partial charge in [0.25, 0.3) is 0 Å². The number of oxazole rings is 1. The second kappa shape index (κ2) is 7.29. The first-order valence-corrected chi connectivity index (χ1v) is 8.05. The van der Waals surface area contributed by atoms with Crippen LogP contribution in [0.15, 0.2) is 34.9 Å². The number of anilines is 1. The standard InChI is InChI=1S/C17H16F3N3O4/c1-26-15(24)13-9-27-14(22-13)8-23(12-6-7-12)16(25)21-11-4-2-10(3-5-11)17(18,19)20/h2-5,9,12H,6-8H2,1H3,(H,21,25). The molecule has 0 saturated heterocycles. The Morgan fingerprint density at radius 3 is 2.52 bits per heavy atom. The van der Waals surface area contributed by atoms with Gasteiger partial charge in [0.1, 0.15) is 6.26 Å². The molecule has 0 unspecified atom stereocenters. The lowest BCUT2D eigenvalue weighted by atomic mass is 10.2. The topological polar surface area (TPSA) is 84.7 Å². The maximum Gasteiger partial charge on any atom is 0.416 e. The number of halogens is 3. The van der Waals surface area contributed by atoms with Crippen LogP contribution in [0.4, 0.5) is 23.7 Å². The lowest BCUT2D eigenvalue weighted by Crippen LogP contribution is -2.36. The summed E-state index contributed by atoms with van der Waals surface area (Å²) in [5.74, 6) is -0.498. The van der Waals surface area contributed by atoms with Gasteiger partial charge in [-0.25, -0.2) is 14.6 Å². The first-order chi connectivity index (χ1) is 12.8. The highest BCUT2D eigenvalue weighted by Gasteiger charge is 2.34. The number of aromatic nitrogens is 1. The molecule has 0 spiro atoms. The summed E-state index contributed by atoms with van der Waals surface area (Å²) in [6.45, 7) is 0.0220. The van der Waals surface area contributed by atoms with Crippen LogP contribution in [-0.2, 0) is 17.5 Å². The van der Waals surface area contributed by atoms with Crippen LogP contribution in [-0.4, -0.2) is 35.0 Å². The Hall–Kier alpha value is -3.04. The van der Waals surface area contributed by atoms with Crippen molar-refractivity contribution in [3.63, 3.8) is 0 Å². The van der Waals surface area contributed by atoms with Crippen molar-refractivity contribution in [1.82, 2.24) is 9.88 Å². The van der Waals surface area contributed by atoms with Gasteiger partial charge >= 0.3 is 18.2 Å². The molecule has 0 aliphatic heterocycles. The van der Waals surface area contributed by atoms with Crippen LogP contribution in [0.2, 0.25) is 0 Å². The molecule has 1 fully saturated rings. The number of benzene rings is 1. The molecular formula is C17H16F3N3O4. The minimum atomic E-state index is -4.44. The van der Waals surface area contributed by atoms with E-state index in [9.17, 15) is 22.8 Å². The Balaban J connectivity index is 1.67. The summed E-state index contributed by atoms with van der Waals surface area (Å²) in [5, 5.41) is 2.56. The van der Waals surface area contributed by atoms with Gasteiger partial charge in [-0.15, -0.1) is 0 Å². The molecule has 1 aromatic carbocycles. The number of rotatable bonds is 5. The minimum absolute atomic E-state index is 0.00797. The molecule has 1 aliphatic rings. The second-order valence-corrected chi connectivity index (χ2v) is 5.98. The molecule has 10 heteroatoms. The van der Waals surface area contributed by atoms with Gasteiger partial charge < -0.3 is 19.4 Å². The van der Waals surface area contributed by atoms with Crippen LogP contribution in [0.5, 0.6) is 0 Å². The minimum Gasteiger partial charge on any atom is -0.464 e. The van der Waals surface area contributed by atoms with Crippen molar-refractivity contribution < 1.29 is 31.9 Å². The van der Waals surface area contributed by atoms with Gasteiger partial charge in [-0.1, -0.05) is 0 Å². The summed E-state index contributed by atoms with van der Waals surface area (Å²) in [5.41, 5.74) is -0.567. The van der Waals surface area contributed by atoms with E-state index < -0.39 is 23.7 Å². The number of ether oxygens (including phenoxy) is 1. The van der Waals surface area contributed by atoms with E-state index in [1.807, 2.05) is 0 Å². The number of nitrogens with zero attached hydrogens (tertiary/aromatic N) is 2. The monoisotopic (exact) mass is 383 g/mol. The Bertz CT molecular complexity index is 829. The van der Waals surface area contributed by atoms with Crippen LogP contribution in [0, 0.1) is 0 Å². The molecule has 7 nitrogen and oxygen atoms in total. The van der Waals surface area contributed by atoms with Crippen LogP contribution in [0.3, 0.4) is 0 Å². The van der Waals surface area contributed by atoms with Crippen molar-refractivity contribution in [2.75, 3.05) is 12.4 Å². The van der Waals surface area contributed by atoms with E-state index in [-0.39, 0.29) is 29.9 Å². The van der Waals surface area contributed by atoms with Crippen molar-refractivity contribution in [3.05, 3.63) is 47.7 Å². The average molecular weight is 383 g/mol. The molecule has 0 bridgehead atoms. The van der Waals surface area contributed by atoms with Crippen LogP contribution >= 0.6 is 0 Å². The number of amides is 2. The van der Waals surface area contributed by atoms with Gasteiger partial charge in [0, 0.05) is 11.7 Å². The molecule has 144 valence electrons. The van der Waals surface area contributed by atoms with E-state index in [0.29, 0.717) is 0 Å². The molecule has 2 aromatic rings. The van der Waals surface area contributed by atoms with Crippen molar-refractivity contribution in [2.45, 2.75) is 31.6 Å². The number of alkyl halides is 3. The molecule has 2 amide bonds. The summed E-state index contributed by atoms with van der Waals surface area (Å²) in [4.78, 5) is 29.4. The van der Waals surface area contributed by atoms with Gasteiger partial charge in [-0.3, -0.25) is 0 Å². The van der Waals surface area contributed by atoms with Crippen molar-refractivity contribution in [2.24, 2.45) is 0 Å². The predicted octanol–water partition coefficient (Wildman–Crippen LogP) is 3.68. The zero-order chi connectivity index (χ0) is 19.6. The third kappa shape index (κ3) is 4.57. The fourth-order valence-electron chi connectivity index (χ4n) is 2.42. The third-order valence-corrected chi connectivity index (χ3v) is 3.96. The van der Waals surface area contributed by atoms with E-state index in [1.54, 1.807) is 0 Å². The van der Waals surface area contributed by atoms with Crippen LogP contribution in [0.25, 0.3) is 0 Å². The Morgan fingerprint density at radius 1 is 1.30 bits per heavy atom. The summed E-state index contributed by atoms with van der Waals surface area (Å²) < 4.78 is 47.5. The van der Waals surface area contributed by atoms with Gasteiger partial charge in [0.05, 0.1) is 19.2 Å². The smallest absolute Gasteiger partial charge is 0.416 e. The quantitative estimate of drug-likeness (QED) is 0.797. The SMILES string of the molecule is COC(=O)c1coc(CN(C(=O)Nc2ccc(C(F)(F)F)cc2)C2CC2)n1. The average Bonchev–Trinajstić information content (AvgIpc) is 3.36. The Labute approximate surface area is 152 Å². The maximum absolute atomic E-state index is 12.6. The Kier molecular flexibility index (Phi) is 5.06. The number of hydrogen-bond acceptors (Lipinski definition) is 5. The number of carbonyl (C=O) groups excluding carboxylic acids is 2. The Morgan fingerprint density at radius 2 is 1.96 bits per heavy atom. The maximum atomic E-state index is 12.6. The van der Waals surface area contributed by atoms with E-state index in [1.165, 1.54) is 24.1 Å². The fraction of sp³-hybridized carbons (Fsp3) is 0.353. The molecule has 27 heavy (non-hydrogen) atoms. The summed E-state index contributed by atoms with van der Waals surface area (Å²) in [7, 11) is 1.21. The molecule has 1 heterocycles. The van der Waals surface area contributed by atoms with E-state index in [2.05, 4.69) is 15.0 Å². The van der Waals surface area contributed by atoms with Crippen LogP contribution in [0.1, 0.15) is 34.8 Å². The van der Waals surface area contributed by atoms with Gasteiger partial charge in [0.2, 0.25) is 5.89 Å². The second-order valence-electron chi connectivity index (χ2n) is 5.98. The number of methoxy groups -OCH3 is 1. The summed E-state index contributed by atoms with van der Waals surface area (Å²) >= 11 is 0. The molecular weight excluding hydrogens is 367 g/mol. The number of hydrogen-bond donors (Lipinski definition) is 1. The molecule has 1 aromatic heterocycles. The lowest BCUT2D eigenvalue weighted by Gasteiger charge is -2.21. The van der Waals surface area contributed by atoms with E-state index in [0.717, 1.165) is 31.2 Å². The fourth-order valence-corrected chi connectivity index (χ4v) is 2.42. The largest absolute Gasteiger partial charge is 0.464 e. The van der Waals surface area contributed by atoms with Crippen molar-refractivity contribution >= 4 is 17.7 Å². The lowest BCUT2D eigenvalue weighted by molar-refractivity contribution is -0.137. The molecule has 1 N–H and O–H groups in total. The van der Waals surface area contributed by atoms with Gasteiger partial charge in [0.15, 0.2) is 5.69 Å². The normalized spacial score (nSPS) is 13.9. The molecule has 3 rings (SSSR count). The van der Waals surface area contributed by atoms with Gasteiger partial charge in [-0.05, 0) is 37.1 Å². The highest BCUT2D eigenvalue weighted by atomic mass is 19.4. The van der Waals surface area contributed by atoms with Crippen LogP contribution < -0.4 is 5.32 Å².